The van der Waals surface area contributed by atoms with Crippen molar-refractivity contribution in [3.05, 3.63) is 0 Å². The molecule has 0 radical (unpaired) electrons. The van der Waals surface area contributed by atoms with Crippen molar-refractivity contribution in [2.75, 3.05) is 6.54 Å². The lowest BCUT2D eigenvalue weighted by atomic mass is 10.1. The summed E-state index contributed by atoms with van der Waals surface area (Å²) in [7, 11) is -1.22. The summed E-state index contributed by atoms with van der Waals surface area (Å²) in [5, 5.41) is 11.2. The Morgan fingerprint density at radius 1 is 1.28 bits per heavy atom. The molecule has 0 rings (SSSR count). The van der Waals surface area contributed by atoms with E-state index in [0.717, 1.165) is 6.04 Å². The van der Waals surface area contributed by atoms with Crippen LogP contribution in [0, 0.1) is 0 Å². The van der Waals surface area contributed by atoms with E-state index in [1.165, 1.54) is 0 Å². The SMILES string of the molecule is C[C@](O)(CNC(=O)CCC[Si](C)(C)C)C(F)(F)F. The number of hydrogen-bond acceptors (Lipinski definition) is 2. The van der Waals surface area contributed by atoms with Crippen LogP contribution in [-0.2, 0) is 4.79 Å². The molecule has 2 N–H and O–H groups in total. The molecule has 0 aromatic rings. The molecule has 1 atom stereocenters. The highest BCUT2D eigenvalue weighted by Gasteiger charge is 2.49. The first-order valence-corrected chi connectivity index (χ1v) is 9.62. The van der Waals surface area contributed by atoms with Gasteiger partial charge in [-0.25, -0.2) is 0 Å². The van der Waals surface area contributed by atoms with E-state index in [1.807, 2.05) is 0 Å². The third-order valence-electron chi connectivity index (χ3n) is 2.57. The number of halogens is 3. The number of amides is 1. The fraction of sp³-hybridized carbons (Fsp3) is 0.909. The Kier molecular flexibility index (Phi) is 5.86. The van der Waals surface area contributed by atoms with Gasteiger partial charge in [-0.05, 0) is 13.3 Å². The van der Waals surface area contributed by atoms with Crippen LogP contribution in [0.2, 0.25) is 25.7 Å². The molecule has 0 aliphatic rings. The Morgan fingerprint density at radius 2 is 1.78 bits per heavy atom. The number of aliphatic hydroxyl groups is 1. The second-order valence-electron chi connectivity index (χ2n) is 5.96. The van der Waals surface area contributed by atoms with Crippen molar-refractivity contribution in [2.45, 2.75) is 57.2 Å². The average Bonchev–Trinajstić information content (AvgIpc) is 2.11. The van der Waals surface area contributed by atoms with Gasteiger partial charge in [0, 0.05) is 14.5 Å². The topological polar surface area (TPSA) is 49.3 Å². The summed E-state index contributed by atoms with van der Waals surface area (Å²) in [6.07, 6.45) is -3.85. The highest BCUT2D eigenvalue weighted by Crippen LogP contribution is 2.29. The molecule has 7 heteroatoms. The molecule has 0 saturated heterocycles. The Balaban J connectivity index is 3.99. The van der Waals surface area contributed by atoms with Crippen LogP contribution in [0.1, 0.15) is 19.8 Å². The normalized spacial score (nSPS) is 16.2. The summed E-state index contributed by atoms with van der Waals surface area (Å²) < 4.78 is 36.9. The quantitative estimate of drug-likeness (QED) is 0.737. The molecule has 18 heavy (non-hydrogen) atoms. The molecule has 0 aliphatic carbocycles. The van der Waals surface area contributed by atoms with Crippen LogP contribution >= 0.6 is 0 Å². The molecule has 0 unspecified atom stereocenters. The van der Waals surface area contributed by atoms with E-state index in [0.29, 0.717) is 13.3 Å². The van der Waals surface area contributed by atoms with Crippen molar-refractivity contribution in [3.63, 3.8) is 0 Å². The summed E-state index contributed by atoms with van der Waals surface area (Å²) in [6, 6.07) is 0.954. The van der Waals surface area contributed by atoms with Crippen LogP contribution in [0.15, 0.2) is 0 Å². The first kappa shape index (κ1) is 17.4. The molecule has 0 aliphatic heterocycles. The zero-order chi connectivity index (χ0) is 14.6. The molecule has 0 spiro atoms. The van der Waals surface area contributed by atoms with Crippen LogP contribution in [0.5, 0.6) is 0 Å². The van der Waals surface area contributed by atoms with Gasteiger partial charge in [0.05, 0.1) is 6.54 Å². The Labute approximate surface area is 107 Å². The van der Waals surface area contributed by atoms with E-state index in [-0.39, 0.29) is 6.42 Å². The van der Waals surface area contributed by atoms with E-state index in [1.54, 1.807) is 0 Å². The maximum atomic E-state index is 12.3. The Morgan fingerprint density at radius 3 is 2.17 bits per heavy atom. The van der Waals surface area contributed by atoms with Gasteiger partial charge in [0.2, 0.25) is 5.91 Å². The minimum atomic E-state index is -4.74. The van der Waals surface area contributed by atoms with Crippen LogP contribution < -0.4 is 5.32 Å². The summed E-state index contributed by atoms with van der Waals surface area (Å²) in [6.45, 7) is 6.34. The lowest BCUT2D eigenvalue weighted by Crippen LogP contribution is -2.51. The smallest absolute Gasteiger partial charge is 0.379 e. The molecule has 108 valence electrons. The van der Waals surface area contributed by atoms with Gasteiger partial charge in [-0.2, -0.15) is 13.2 Å². The lowest BCUT2D eigenvalue weighted by molar-refractivity contribution is -0.250. The molecular weight excluding hydrogens is 263 g/mol. The predicted molar refractivity (Wildman–Crippen MR) is 67.1 cm³/mol. The minimum Gasteiger partial charge on any atom is -0.379 e. The van der Waals surface area contributed by atoms with Crippen LogP contribution in [0.25, 0.3) is 0 Å². The number of hydrogen-bond donors (Lipinski definition) is 2. The Hall–Kier alpha value is -0.563. The van der Waals surface area contributed by atoms with Crippen molar-refractivity contribution in [1.29, 1.82) is 0 Å². The molecule has 0 aromatic heterocycles. The van der Waals surface area contributed by atoms with Crippen LogP contribution in [-0.4, -0.2) is 37.4 Å². The molecule has 0 aromatic carbocycles. The van der Waals surface area contributed by atoms with Crippen molar-refractivity contribution in [2.24, 2.45) is 0 Å². The van der Waals surface area contributed by atoms with Crippen LogP contribution in [0.3, 0.4) is 0 Å². The summed E-state index contributed by atoms with van der Waals surface area (Å²) >= 11 is 0. The van der Waals surface area contributed by atoms with E-state index in [2.05, 4.69) is 25.0 Å². The number of alkyl halides is 3. The highest BCUT2D eigenvalue weighted by molar-refractivity contribution is 6.76. The van der Waals surface area contributed by atoms with E-state index >= 15 is 0 Å². The molecule has 0 saturated carbocycles. The third kappa shape index (κ3) is 7.00. The first-order valence-electron chi connectivity index (χ1n) is 5.91. The standard InChI is InChI=1S/C11H22F3NO2Si/c1-10(17,11(12,13)14)8-15-9(16)6-5-7-18(2,3)4/h17H,5-8H2,1-4H3,(H,15,16)/t10-/m0/s1. The van der Waals surface area contributed by atoms with Gasteiger partial charge in [-0.1, -0.05) is 25.7 Å². The van der Waals surface area contributed by atoms with Gasteiger partial charge in [0.1, 0.15) is 0 Å². The van der Waals surface area contributed by atoms with Gasteiger partial charge in [0.25, 0.3) is 0 Å². The summed E-state index contributed by atoms with van der Waals surface area (Å²) in [4.78, 5) is 11.3. The molecule has 1 amide bonds. The largest absolute Gasteiger partial charge is 0.418 e. The first-order chi connectivity index (χ1) is 7.85. The number of rotatable bonds is 6. The molecule has 0 fully saturated rings. The second-order valence-corrected chi connectivity index (χ2v) is 11.6. The van der Waals surface area contributed by atoms with Gasteiger partial charge in [-0.3, -0.25) is 4.79 Å². The fourth-order valence-corrected chi connectivity index (χ4v) is 2.48. The van der Waals surface area contributed by atoms with Gasteiger partial charge < -0.3 is 10.4 Å². The molecule has 0 heterocycles. The number of carbonyl (C=O) groups is 1. The minimum absolute atomic E-state index is 0.207. The van der Waals surface area contributed by atoms with Gasteiger partial charge >= 0.3 is 6.18 Å². The number of carbonyl (C=O) groups excluding carboxylic acids is 1. The zero-order valence-corrected chi connectivity index (χ0v) is 12.3. The van der Waals surface area contributed by atoms with E-state index in [9.17, 15) is 18.0 Å². The lowest BCUT2D eigenvalue weighted by Gasteiger charge is -2.26. The fourth-order valence-electron chi connectivity index (χ4n) is 1.24. The van der Waals surface area contributed by atoms with Crippen molar-refractivity contribution in [1.82, 2.24) is 5.32 Å². The van der Waals surface area contributed by atoms with Gasteiger partial charge in [-0.15, -0.1) is 0 Å². The maximum absolute atomic E-state index is 12.3. The second kappa shape index (κ2) is 6.05. The van der Waals surface area contributed by atoms with Gasteiger partial charge in [0.15, 0.2) is 5.60 Å². The zero-order valence-electron chi connectivity index (χ0n) is 11.3. The maximum Gasteiger partial charge on any atom is 0.418 e. The predicted octanol–water partition coefficient (Wildman–Crippen LogP) is 2.53. The monoisotopic (exact) mass is 285 g/mol. The van der Waals surface area contributed by atoms with Crippen molar-refractivity contribution >= 4 is 14.0 Å². The number of nitrogens with one attached hydrogen (secondary N) is 1. The van der Waals surface area contributed by atoms with Crippen molar-refractivity contribution < 1.29 is 23.1 Å². The van der Waals surface area contributed by atoms with E-state index < -0.39 is 32.3 Å². The highest BCUT2D eigenvalue weighted by atomic mass is 28.3. The molecular formula is C11H22F3NO2Si. The molecule has 0 bridgehead atoms. The average molecular weight is 285 g/mol. The third-order valence-corrected chi connectivity index (χ3v) is 4.42. The van der Waals surface area contributed by atoms with E-state index in [4.69, 9.17) is 5.11 Å². The summed E-state index contributed by atoms with van der Waals surface area (Å²) in [5.74, 6) is -0.447. The molecule has 3 nitrogen and oxygen atoms in total. The Bertz CT molecular complexity index is 285. The van der Waals surface area contributed by atoms with Crippen LogP contribution in [0.4, 0.5) is 13.2 Å². The van der Waals surface area contributed by atoms with Crippen molar-refractivity contribution in [3.8, 4) is 0 Å². The summed E-state index contributed by atoms with van der Waals surface area (Å²) in [5.41, 5.74) is -2.87.